The molecular weight excluding hydrogens is 1170 g/mol. The number of ether oxygens (including phenoxy) is 4. The molecule has 0 amide bonds. The molecule has 2 unspecified atom stereocenters. The van der Waals surface area contributed by atoms with Crippen molar-refractivity contribution in [2.24, 2.45) is 5.92 Å². The molecule has 0 saturated heterocycles. The second kappa shape index (κ2) is 63.5. The van der Waals surface area contributed by atoms with Crippen LogP contribution in [0.4, 0.5) is 0 Å². The lowest BCUT2D eigenvalue weighted by molar-refractivity contribution is -0.161. The number of aliphatic hydroxyl groups is 1. The lowest BCUT2D eigenvalue weighted by Gasteiger charge is -2.21. The van der Waals surface area contributed by atoms with E-state index < -0.39 is 97.5 Å². The van der Waals surface area contributed by atoms with Crippen LogP contribution >= 0.6 is 15.6 Å². The van der Waals surface area contributed by atoms with Gasteiger partial charge in [-0.2, -0.15) is 0 Å². The van der Waals surface area contributed by atoms with Crippen molar-refractivity contribution in [1.29, 1.82) is 0 Å². The second-order valence-electron chi connectivity index (χ2n) is 25.7. The van der Waals surface area contributed by atoms with Gasteiger partial charge in [0.25, 0.3) is 0 Å². The third kappa shape index (κ3) is 64.6. The minimum atomic E-state index is -4.95. The number of phosphoric acid groups is 2. The Hall–Kier alpha value is -1.94. The highest BCUT2D eigenvalue weighted by molar-refractivity contribution is 7.47. The molecule has 17 nitrogen and oxygen atoms in total. The van der Waals surface area contributed by atoms with Gasteiger partial charge in [0.05, 0.1) is 26.4 Å². The molecule has 0 aliphatic heterocycles. The molecule has 89 heavy (non-hydrogen) atoms. The lowest BCUT2D eigenvalue weighted by atomic mass is 10.0. The van der Waals surface area contributed by atoms with Crippen molar-refractivity contribution in [3.63, 3.8) is 0 Å². The summed E-state index contributed by atoms with van der Waals surface area (Å²) in [5, 5.41) is 10.6. The summed E-state index contributed by atoms with van der Waals surface area (Å²) >= 11 is 0. The molecule has 19 heteroatoms. The van der Waals surface area contributed by atoms with Crippen LogP contribution in [-0.2, 0) is 65.4 Å². The maximum absolute atomic E-state index is 13.0. The standard InChI is InChI=1S/C70H136O17P2/c1-6-9-12-15-18-21-35-39-44-49-54-68(73)81-60-66(87-70(75)56-51-46-41-36-31-29-27-25-23-22-24-26-28-30-34-37-42-47-52-63(4)5)62-85-89(78,79)83-58-64(71)57-82-88(76,77)84-61-65(86-69(74)55-50-45-40-33-20-17-14-11-8-3)59-80-67(72)53-48-43-38-32-19-16-13-10-7-2/h63-66,71H,6-62H2,1-5H3,(H,76,77)(H,78,79)/t64-,65+,66+/m0/s1. The zero-order chi connectivity index (χ0) is 65.6. The molecule has 0 fully saturated rings. The van der Waals surface area contributed by atoms with E-state index in [0.717, 1.165) is 95.8 Å². The topological polar surface area (TPSA) is 237 Å². The molecule has 0 saturated carbocycles. The molecule has 3 N–H and O–H groups in total. The van der Waals surface area contributed by atoms with Crippen LogP contribution in [0.1, 0.15) is 362 Å². The number of carbonyl (C=O) groups excluding carboxylic acids is 4. The quantitative estimate of drug-likeness (QED) is 0.0222. The fourth-order valence-corrected chi connectivity index (χ4v) is 12.2. The van der Waals surface area contributed by atoms with Crippen LogP contribution in [0.3, 0.4) is 0 Å². The van der Waals surface area contributed by atoms with Gasteiger partial charge in [-0.05, 0) is 31.6 Å². The number of aliphatic hydroxyl groups excluding tert-OH is 1. The van der Waals surface area contributed by atoms with Gasteiger partial charge < -0.3 is 33.8 Å². The van der Waals surface area contributed by atoms with E-state index >= 15 is 0 Å². The first-order valence-corrected chi connectivity index (χ1v) is 39.6. The number of carbonyl (C=O) groups is 4. The van der Waals surface area contributed by atoms with Crippen LogP contribution in [-0.4, -0.2) is 96.7 Å². The van der Waals surface area contributed by atoms with E-state index in [9.17, 15) is 43.2 Å². The van der Waals surface area contributed by atoms with E-state index in [4.69, 9.17) is 37.0 Å². The Kier molecular flexibility index (Phi) is 62.1. The SMILES string of the molecule is CCCCCCCCCCCCC(=O)OC[C@H](COP(=O)(O)OC[C@@H](O)COP(=O)(O)OC[C@@H](COC(=O)CCCCCCCCCCC)OC(=O)CCCCCCCCCCC)OC(=O)CCCCCCCCCCCCCCCCCCCCC(C)C. The van der Waals surface area contributed by atoms with Gasteiger partial charge in [-0.3, -0.25) is 37.3 Å². The Labute approximate surface area is 543 Å². The number of hydrogen-bond acceptors (Lipinski definition) is 15. The van der Waals surface area contributed by atoms with Crippen molar-refractivity contribution >= 4 is 39.5 Å². The average Bonchev–Trinajstić information content (AvgIpc) is 3.70. The Morgan fingerprint density at radius 1 is 0.303 bits per heavy atom. The van der Waals surface area contributed by atoms with Crippen molar-refractivity contribution in [2.45, 2.75) is 380 Å². The van der Waals surface area contributed by atoms with Crippen LogP contribution < -0.4 is 0 Å². The maximum Gasteiger partial charge on any atom is 0.472 e. The molecular formula is C70H136O17P2. The molecule has 0 aromatic carbocycles. The first-order valence-electron chi connectivity index (χ1n) is 36.6. The summed E-state index contributed by atoms with van der Waals surface area (Å²) in [5.74, 6) is -1.31. The zero-order valence-electron chi connectivity index (χ0n) is 57.6. The third-order valence-corrected chi connectivity index (χ3v) is 18.2. The zero-order valence-corrected chi connectivity index (χ0v) is 59.4. The van der Waals surface area contributed by atoms with E-state index in [-0.39, 0.29) is 25.7 Å². The Morgan fingerprint density at radius 2 is 0.517 bits per heavy atom. The van der Waals surface area contributed by atoms with E-state index in [2.05, 4.69) is 34.6 Å². The van der Waals surface area contributed by atoms with E-state index in [1.54, 1.807) is 0 Å². The van der Waals surface area contributed by atoms with Crippen LogP contribution in [0.15, 0.2) is 0 Å². The number of hydrogen-bond donors (Lipinski definition) is 3. The van der Waals surface area contributed by atoms with Crippen molar-refractivity contribution in [1.82, 2.24) is 0 Å². The van der Waals surface area contributed by atoms with Crippen molar-refractivity contribution in [3.05, 3.63) is 0 Å². The Morgan fingerprint density at radius 3 is 0.764 bits per heavy atom. The fraction of sp³-hybridized carbons (Fsp3) is 0.943. The molecule has 0 aliphatic rings. The normalized spacial score (nSPS) is 14.1. The molecule has 0 spiro atoms. The number of unbranched alkanes of at least 4 members (excludes halogenated alkanes) is 42. The predicted octanol–water partition coefficient (Wildman–Crippen LogP) is 20.1. The average molecular weight is 1310 g/mol. The van der Waals surface area contributed by atoms with E-state index in [1.165, 1.54) is 186 Å². The van der Waals surface area contributed by atoms with Gasteiger partial charge in [0, 0.05) is 25.7 Å². The fourth-order valence-electron chi connectivity index (χ4n) is 10.6. The van der Waals surface area contributed by atoms with Gasteiger partial charge in [-0.15, -0.1) is 0 Å². The molecule has 0 aromatic heterocycles. The molecule has 5 atom stereocenters. The monoisotopic (exact) mass is 1310 g/mol. The summed E-state index contributed by atoms with van der Waals surface area (Å²) in [6, 6.07) is 0. The lowest BCUT2D eigenvalue weighted by Crippen LogP contribution is -2.30. The number of rotatable bonds is 70. The van der Waals surface area contributed by atoms with Gasteiger partial charge in [0.15, 0.2) is 12.2 Å². The van der Waals surface area contributed by atoms with Gasteiger partial charge in [0.1, 0.15) is 19.3 Å². The highest BCUT2D eigenvalue weighted by Crippen LogP contribution is 2.45. The number of phosphoric ester groups is 2. The van der Waals surface area contributed by atoms with E-state index in [0.29, 0.717) is 25.7 Å². The van der Waals surface area contributed by atoms with Gasteiger partial charge in [-0.25, -0.2) is 9.13 Å². The summed E-state index contributed by atoms with van der Waals surface area (Å²) in [7, 11) is -9.89. The summed E-state index contributed by atoms with van der Waals surface area (Å²) in [4.78, 5) is 72.3. The summed E-state index contributed by atoms with van der Waals surface area (Å²) in [6.07, 6.45) is 50.1. The second-order valence-corrected chi connectivity index (χ2v) is 28.7. The van der Waals surface area contributed by atoms with Crippen LogP contribution in [0.5, 0.6) is 0 Å². The van der Waals surface area contributed by atoms with Gasteiger partial charge in [0.2, 0.25) is 0 Å². The largest absolute Gasteiger partial charge is 0.472 e. The summed E-state index contributed by atoms with van der Waals surface area (Å²) in [5.41, 5.74) is 0. The van der Waals surface area contributed by atoms with Gasteiger partial charge in [-0.1, -0.05) is 311 Å². The molecule has 0 bridgehead atoms. The predicted molar refractivity (Wildman–Crippen MR) is 358 cm³/mol. The molecule has 0 heterocycles. The Bertz CT molecular complexity index is 1720. The van der Waals surface area contributed by atoms with E-state index in [1.807, 2.05) is 0 Å². The molecule has 528 valence electrons. The first kappa shape index (κ1) is 87.1. The van der Waals surface area contributed by atoms with Crippen LogP contribution in [0.2, 0.25) is 0 Å². The first-order chi connectivity index (χ1) is 43.0. The minimum absolute atomic E-state index is 0.106. The molecule has 0 aromatic rings. The minimum Gasteiger partial charge on any atom is -0.462 e. The molecule has 0 radical (unpaired) electrons. The van der Waals surface area contributed by atoms with Crippen molar-refractivity contribution in [2.75, 3.05) is 39.6 Å². The van der Waals surface area contributed by atoms with Crippen molar-refractivity contribution < 1.29 is 80.2 Å². The third-order valence-electron chi connectivity index (χ3n) is 16.3. The molecule has 0 aliphatic carbocycles. The highest BCUT2D eigenvalue weighted by Gasteiger charge is 2.30. The van der Waals surface area contributed by atoms with Gasteiger partial charge >= 0.3 is 39.5 Å². The summed E-state index contributed by atoms with van der Waals surface area (Å²) in [6.45, 7) is 7.24. The smallest absolute Gasteiger partial charge is 0.462 e. The van der Waals surface area contributed by atoms with Crippen LogP contribution in [0.25, 0.3) is 0 Å². The van der Waals surface area contributed by atoms with Crippen LogP contribution in [0, 0.1) is 5.92 Å². The maximum atomic E-state index is 13.0. The summed E-state index contributed by atoms with van der Waals surface area (Å²) < 4.78 is 68.1. The Balaban J connectivity index is 5.12. The van der Waals surface area contributed by atoms with Crippen molar-refractivity contribution in [3.8, 4) is 0 Å². The number of esters is 4. The highest BCUT2D eigenvalue weighted by atomic mass is 31.2. The molecule has 0 rings (SSSR count).